The Morgan fingerprint density at radius 1 is 1.57 bits per heavy atom. The van der Waals surface area contributed by atoms with E-state index in [1.807, 2.05) is 11.9 Å². The molecule has 1 amide bonds. The first-order valence-corrected chi connectivity index (χ1v) is 9.26. The highest BCUT2D eigenvalue weighted by atomic mass is 32.2. The molecule has 0 saturated carbocycles. The van der Waals surface area contributed by atoms with Crippen LogP contribution in [0.15, 0.2) is 11.0 Å². The number of nitrogens with zero attached hydrogens (tertiary/aromatic N) is 1. The Labute approximate surface area is 129 Å². The average Bonchev–Trinajstić information content (AvgIpc) is 2.81. The topological polar surface area (TPSA) is 92.5 Å². The van der Waals surface area contributed by atoms with E-state index >= 15 is 0 Å². The van der Waals surface area contributed by atoms with Crippen LogP contribution in [0.2, 0.25) is 0 Å². The van der Waals surface area contributed by atoms with Crippen molar-refractivity contribution in [2.24, 2.45) is 11.1 Å². The van der Waals surface area contributed by atoms with Gasteiger partial charge in [0, 0.05) is 18.0 Å². The van der Waals surface area contributed by atoms with Crippen LogP contribution in [0.4, 0.5) is 0 Å². The molecule has 6 nitrogen and oxygen atoms in total. The van der Waals surface area contributed by atoms with Gasteiger partial charge >= 0.3 is 0 Å². The molecule has 1 saturated heterocycles. The van der Waals surface area contributed by atoms with Crippen LogP contribution in [0, 0.1) is 12.8 Å². The second-order valence-corrected chi connectivity index (χ2v) is 8.18. The number of carbonyl (C=O) groups excluding carboxylic acids is 1. The zero-order chi connectivity index (χ0) is 15.6. The van der Waals surface area contributed by atoms with E-state index < -0.39 is 10.0 Å². The van der Waals surface area contributed by atoms with Crippen LogP contribution in [0.1, 0.15) is 27.4 Å². The standard InChI is InChI=1S/C13H21N3O3S2/c1-9-12(21(14,18)19)6-11(20-9)13(17)16-5-3-4-10(8-16)7-15-2/h6,10,15H,3-5,7-8H2,1-2H3,(H2,14,18,19)/t10-/m1/s1. The normalized spacial score (nSPS) is 19.8. The fourth-order valence-electron chi connectivity index (χ4n) is 2.71. The highest BCUT2D eigenvalue weighted by Gasteiger charge is 2.27. The third-order valence-corrected chi connectivity index (χ3v) is 5.89. The lowest BCUT2D eigenvalue weighted by atomic mass is 9.98. The van der Waals surface area contributed by atoms with Gasteiger partial charge < -0.3 is 10.2 Å². The van der Waals surface area contributed by atoms with Crippen molar-refractivity contribution >= 4 is 27.3 Å². The van der Waals surface area contributed by atoms with Gasteiger partial charge in [-0.1, -0.05) is 0 Å². The number of thiophene rings is 1. The Balaban J connectivity index is 2.17. The van der Waals surface area contributed by atoms with Gasteiger partial charge in [-0.05, 0) is 45.3 Å². The number of hydrogen-bond donors (Lipinski definition) is 2. The van der Waals surface area contributed by atoms with Crippen LogP contribution in [0.5, 0.6) is 0 Å². The maximum Gasteiger partial charge on any atom is 0.263 e. The summed E-state index contributed by atoms with van der Waals surface area (Å²) in [7, 11) is -1.86. The molecular formula is C13H21N3O3S2. The number of hydrogen-bond acceptors (Lipinski definition) is 5. The van der Waals surface area contributed by atoms with Gasteiger partial charge in [-0.2, -0.15) is 0 Å². The minimum atomic E-state index is -3.77. The minimum absolute atomic E-state index is 0.0552. The molecule has 0 unspecified atom stereocenters. The number of primary sulfonamides is 1. The van der Waals surface area contributed by atoms with Gasteiger partial charge in [0.1, 0.15) is 0 Å². The van der Waals surface area contributed by atoms with E-state index in [1.165, 1.54) is 17.4 Å². The van der Waals surface area contributed by atoms with E-state index in [1.54, 1.807) is 6.92 Å². The van der Waals surface area contributed by atoms with Crippen molar-refractivity contribution in [3.8, 4) is 0 Å². The summed E-state index contributed by atoms with van der Waals surface area (Å²) in [4.78, 5) is 15.4. The van der Waals surface area contributed by atoms with Crippen molar-refractivity contribution in [1.82, 2.24) is 10.2 Å². The van der Waals surface area contributed by atoms with Crippen molar-refractivity contribution in [1.29, 1.82) is 0 Å². The fraction of sp³-hybridized carbons (Fsp3) is 0.615. The SMILES string of the molecule is CNC[C@H]1CCCN(C(=O)c2cc(S(N)(=O)=O)c(C)s2)C1. The van der Waals surface area contributed by atoms with Gasteiger partial charge in [-0.3, -0.25) is 4.79 Å². The molecular weight excluding hydrogens is 310 g/mol. The zero-order valence-electron chi connectivity index (χ0n) is 12.3. The fourth-order valence-corrected chi connectivity index (χ4v) is 4.83. The molecule has 0 bridgehead atoms. The molecule has 0 aliphatic carbocycles. The third-order valence-electron chi connectivity index (χ3n) is 3.69. The lowest BCUT2D eigenvalue weighted by molar-refractivity contribution is 0.0679. The molecule has 0 radical (unpaired) electrons. The number of likely N-dealkylation sites (tertiary alicyclic amines) is 1. The number of carbonyl (C=O) groups is 1. The van der Waals surface area contributed by atoms with Crippen molar-refractivity contribution in [2.45, 2.75) is 24.7 Å². The number of nitrogens with two attached hydrogens (primary N) is 1. The maximum absolute atomic E-state index is 12.5. The van der Waals surface area contributed by atoms with Crippen LogP contribution >= 0.6 is 11.3 Å². The molecule has 3 N–H and O–H groups in total. The van der Waals surface area contributed by atoms with E-state index in [-0.39, 0.29) is 10.8 Å². The summed E-state index contributed by atoms with van der Waals surface area (Å²) in [6.07, 6.45) is 2.08. The Bertz CT molecular complexity index is 623. The number of aryl methyl sites for hydroxylation is 1. The Morgan fingerprint density at radius 3 is 2.86 bits per heavy atom. The van der Waals surface area contributed by atoms with Gasteiger partial charge in [0.2, 0.25) is 10.0 Å². The molecule has 118 valence electrons. The Morgan fingerprint density at radius 2 is 2.29 bits per heavy atom. The van der Waals surface area contributed by atoms with Crippen molar-refractivity contribution < 1.29 is 13.2 Å². The van der Waals surface area contributed by atoms with Crippen LogP contribution in [0.3, 0.4) is 0 Å². The second kappa shape index (κ2) is 6.43. The van der Waals surface area contributed by atoms with Gasteiger partial charge in [0.05, 0.1) is 9.77 Å². The second-order valence-electron chi connectivity index (χ2n) is 5.39. The number of piperidine rings is 1. The summed E-state index contributed by atoms with van der Waals surface area (Å²) in [5.74, 6) is 0.352. The number of sulfonamides is 1. The monoisotopic (exact) mass is 331 g/mol. The quantitative estimate of drug-likeness (QED) is 0.852. The highest BCUT2D eigenvalue weighted by molar-refractivity contribution is 7.89. The average molecular weight is 331 g/mol. The van der Waals surface area contributed by atoms with Gasteiger partial charge in [0.25, 0.3) is 5.91 Å². The molecule has 1 atom stereocenters. The predicted octanol–water partition coefficient (Wildman–Crippen LogP) is 0.776. The zero-order valence-corrected chi connectivity index (χ0v) is 13.9. The van der Waals surface area contributed by atoms with Crippen molar-refractivity contribution in [2.75, 3.05) is 26.7 Å². The van der Waals surface area contributed by atoms with Crippen LogP contribution in [0.25, 0.3) is 0 Å². The van der Waals surface area contributed by atoms with Gasteiger partial charge in [0.15, 0.2) is 0 Å². The molecule has 1 aliphatic heterocycles. The van der Waals surface area contributed by atoms with E-state index in [9.17, 15) is 13.2 Å². The third kappa shape index (κ3) is 3.82. The van der Waals surface area contributed by atoms with Crippen LogP contribution in [-0.2, 0) is 10.0 Å². The molecule has 8 heteroatoms. The Hall–Kier alpha value is -0.960. The smallest absolute Gasteiger partial charge is 0.263 e. The van der Waals surface area contributed by atoms with Crippen molar-refractivity contribution in [3.05, 3.63) is 15.8 Å². The van der Waals surface area contributed by atoms with Gasteiger partial charge in [-0.25, -0.2) is 13.6 Å². The predicted molar refractivity (Wildman–Crippen MR) is 83.0 cm³/mol. The molecule has 2 heterocycles. The molecule has 1 aromatic rings. The number of amides is 1. The number of nitrogens with one attached hydrogen (secondary N) is 1. The number of rotatable bonds is 4. The lowest BCUT2D eigenvalue weighted by Crippen LogP contribution is -2.42. The first kappa shape index (κ1) is 16.4. The molecule has 0 aromatic carbocycles. The van der Waals surface area contributed by atoms with E-state index in [4.69, 9.17) is 5.14 Å². The first-order chi connectivity index (χ1) is 9.82. The van der Waals surface area contributed by atoms with Gasteiger partial charge in [-0.15, -0.1) is 11.3 Å². The summed E-state index contributed by atoms with van der Waals surface area (Å²) < 4.78 is 22.9. The molecule has 2 rings (SSSR count). The molecule has 1 fully saturated rings. The maximum atomic E-state index is 12.5. The summed E-state index contributed by atoms with van der Waals surface area (Å²) in [6, 6.07) is 1.40. The molecule has 1 aliphatic rings. The largest absolute Gasteiger partial charge is 0.338 e. The van der Waals surface area contributed by atoms with Crippen LogP contribution < -0.4 is 10.5 Å². The molecule has 0 spiro atoms. The lowest BCUT2D eigenvalue weighted by Gasteiger charge is -2.32. The summed E-state index contributed by atoms with van der Waals surface area (Å²) >= 11 is 1.19. The molecule has 21 heavy (non-hydrogen) atoms. The summed E-state index contributed by atoms with van der Waals surface area (Å²) in [5, 5.41) is 8.30. The first-order valence-electron chi connectivity index (χ1n) is 6.90. The van der Waals surface area contributed by atoms with Crippen molar-refractivity contribution in [3.63, 3.8) is 0 Å². The van der Waals surface area contributed by atoms with E-state index in [0.717, 1.165) is 25.9 Å². The van der Waals surface area contributed by atoms with Crippen LogP contribution in [-0.4, -0.2) is 45.9 Å². The minimum Gasteiger partial charge on any atom is -0.338 e. The highest BCUT2D eigenvalue weighted by Crippen LogP contribution is 2.27. The Kier molecular flexibility index (Phi) is 5.03. The van der Waals surface area contributed by atoms with E-state index in [2.05, 4.69) is 5.32 Å². The molecule has 1 aromatic heterocycles. The van der Waals surface area contributed by atoms with E-state index in [0.29, 0.717) is 22.2 Å². The summed E-state index contributed by atoms with van der Waals surface area (Å²) in [6.45, 7) is 3.99. The summed E-state index contributed by atoms with van der Waals surface area (Å²) in [5.41, 5.74) is 0.